The molecule has 0 N–H and O–H groups in total. The minimum atomic E-state index is -0.732. The zero-order valence-electron chi connectivity index (χ0n) is 17.9. The van der Waals surface area contributed by atoms with E-state index < -0.39 is 11.6 Å². The Hall–Kier alpha value is -3.42. The summed E-state index contributed by atoms with van der Waals surface area (Å²) >= 11 is 0. The average Bonchev–Trinajstić information content (AvgIpc) is 2.78. The standard InChI is InChI=1S/C24H24F2N2O4/c1-3-32-17-4-5-19(22(14-17)31-2)24(30)27-10-8-16(9-11-27)28-21-13-15(25)12-20(26)18(21)6-7-23(28)29/h4-7,12-14,16H,3,8-11H2,1-2H3. The summed E-state index contributed by atoms with van der Waals surface area (Å²) in [4.78, 5) is 27.4. The predicted octanol–water partition coefficient (Wildman–Crippen LogP) is 4.16. The zero-order valence-corrected chi connectivity index (χ0v) is 17.9. The zero-order chi connectivity index (χ0) is 22.8. The summed E-state index contributed by atoms with van der Waals surface area (Å²) in [5.74, 6) is -0.562. The Morgan fingerprint density at radius 1 is 1.09 bits per heavy atom. The fourth-order valence-electron chi connectivity index (χ4n) is 4.27. The maximum absolute atomic E-state index is 14.2. The highest BCUT2D eigenvalue weighted by Crippen LogP contribution is 2.30. The van der Waals surface area contributed by atoms with Crippen LogP contribution in [0.5, 0.6) is 11.5 Å². The summed E-state index contributed by atoms with van der Waals surface area (Å²) in [6.07, 6.45) is 0.977. The number of benzene rings is 2. The Balaban J connectivity index is 1.56. The van der Waals surface area contributed by atoms with Gasteiger partial charge in [-0.1, -0.05) is 0 Å². The molecule has 32 heavy (non-hydrogen) atoms. The number of likely N-dealkylation sites (tertiary alicyclic amines) is 1. The van der Waals surface area contributed by atoms with Gasteiger partial charge in [-0.25, -0.2) is 8.78 Å². The molecule has 1 aliphatic heterocycles. The molecule has 0 atom stereocenters. The normalized spacial score (nSPS) is 14.6. The quantitative estimate of drug-likeness (QED) is 0.595. The summed E-state index contributed by atoms with van der Waals surface area (Å²) < 4.78 is 40.3. The van der Waals surface area contributed by atoms with Gasteiger partial charge in [-0.3, -0.25) is 9.59 Å². The van der Waals surface area contributed by atoms with Crippen LogP contribution in [-0.4, -0.2) is 42.2 Å². The number of ether oxygens (including phenoxy) is 2. The topological polar surface area (TPSA) is 60.8 Å². The van der Waals surface area contributed by atoms with Gasteiger partial charge in [0, 0.05) is 42.7 Å². The Morgan fingerprint density at radius 3 is 2.53 bits per heavy atom. The van der Waals surface area contributed by atoms with Gasteiger partial charge in [0.2, 0.25) is 0 Å². The van der Waals surface area contributed by atoms with Crippen LogP contribution >= 0.6 is 0 Å². The number of hydrogen-bond acceptors (Lipinski definition) is 4. The largest absolute Gasteiger partial charge is 0.496 e. The van der Waals surface area contributed by atoms with Crippen LogP contribution in [0.15, 0.2) is 47.3 Å². The van der Waals surface area contributed by atoms with Gasteiger partial charge < -0.3 is 18.9 Å². The molecule has 0 radical (unpaired) electrons. The maximum Gasteiger partial charge on any atom is 0.257 e. The number of halogens is 2. The van der Waals surface area contributed by atoms with Crippen LogP contribution in [0, 0.1) is 11.6 Å². The highest BCUT2D eigenvalue weighted by molar-refractivity contribution is 5.97. The number of amides is 1. The summed E-state index contributed by atoms with van der Waals surface area (Å²) in [5, 5.41) is 0.198. The molecule has 1 fully saturated rings. The molecule has 1 amide bonds. The van der Waals surface area contributed by atoms with E-state index in [2.05, 4.69) is 0 Å². The molecule has 2 heterocycles. The SMILES string of the molecule is CCOc1ccc(C(=O)N2CCC(n3c(=O)ccc4c(F)cc(F)cc43)CC2)c(OC)c1. The van der Waals surface area contributed by atoms with Gasteiger partial charge in [0.1, 0.15) is 23.1 Å². The lowest BCUT2D eigenvalue weighted by atomic mass is 10.0. The lowest BCUT2D eigenvalue weighted by molar-refractivity contribution is 0.0691. The first kappa shape index (κ1) is 21.8. The number of hydrogen-bond donors (Lipinski definition) is 0. The second kappa shape index (κ2) is 8.98. The molecule has 1 saturated heterocycles. The summed E-state index contributed by atoms with van der Waals surface area (Å²) in [7, 11) is 1.50. The molecule has 1 aromatic heterocycles. The minimum Gasteiger partial charge on any atom is -0.496 e. The average molecular weight is 442 g/mol. The smallest absolute Gasteiger partial charge is 0.257 e. The van der Waals surface area contributed by atoms with Gasteiger partial charge in [0.25, 0.3) is 11.5 Å². The minimum absolute atomic E-state index is 0.175. The van der Waals surface area contributed by atoms with E-state index >= 15 is 0 Å². The van der Waals surface area contributed by atoms with Gasteiger partial charge in [-0.05, 0) is 44.0 Å². The monoisotopic (exact) mass is 442 g/mol. The van der Waals surface area contributed by atoms with Gasteiger partial charge in [0.05, 0.1) is 24.8 Å². The van der Waals surface area contributed by atoms with Crippen molar-refractivity contribution in [2.75, 3.05) is 26.8 Å². The third-order valence-corrected chi connectivity index (χ3v) is 5.79. The lowest BCUT2D eigenvalue weighted by Gasteiger charge is -2.33. The Morgan fingerprint density at radius 2 is 1.84 bits per heavy atom. The van der Waals surface area contributed by atoms with E-state index in [1.165, 1.54) is 29.9 Å². The van der Waals surface area contributed by atoms with E-state index in [1.807, 2.05) is 6.92 Å². The van der Waals surface area contributed by atoms with Gasteiger partial charge in [-0.15, -0.1) is 0 Å². The van der Waals surface area contributed by atoms with Crippen molar-refractivity contribution in [1.29, 1.82) is 0 Å². The van der Waals surface area contributed by atoms with Crippen molar-refractivity contribution < 1.29 is 23.0 Å². The molecule has 3 aromatic rings. The van der Waals surface area contributed by atoms with Crippen LogP contribution in [0.4, 0.5) is 8.78 Å². The predicted molar refractivity (Wildman–Crippen MR) is 116 cm³/mol. The fourth-order valence-corrected chi connectivity index (χ4v) is 4.27. The van der Waals surface area contributed by atoms with Gasteiger partial charge in [-0.2, -0.15) is 0 Å². The third-order valence-electron chi connectivity index (χ3n) is 5.79. The number of piperidine rings is 1. The molecule has 1 aliphatic rings. The Kier molecular flexibility index (Phi) is 6.12. The van der Waals surface area contributed by atoms with Crippen molar-refractivity contribution in [3.8, 4) is 11.5 Å². The number of methoxy groups -OCH3 is 1. The second-order valence-corrected chi connectivity index (χ2v) is 7.68. The lowest BCUT2D eigenvalue weighted by Crippen LogP contribution is -2.41. The van der Waals surface area contributed by atoms with Crippen molar-refractivity contribution in [2.45, 2.75) is 25.8 Å². The second-order valence-electron chi connectivity index (χ2n) is 7.68. The van der Waals surface area contributed by atoms with Crippen molar-refractivity contribution in [3.05, 3.63) is 70.0 Å². The van der Waals surface area contributed by atoms with E-state index in [0.717, 1.165) is 6.07 Å². The van der Waals surface area contributed by atoms with E-state index in [4.69, 9.17) is 9.47 Å². The first-order valence-corrected chi connectivity index (χ1v) is 10.5. The molecule has 0 spiro atoms. The first-order valence-electron chi connectivity index (χ1n) is 10.5. The van der Waals surface area contributed by atoms with Crippen LogP contribution in [0.2, 0.25) is 0 Å². The number of aromatic nitrogens is 1. The van der Waals surface area contributed by atoms with Crippen LogP contribution in [0.1, 0.15) is 36.2 Å². The molecule has 168 valence electrons. The van der Waals surface area contributed by atoms with Crippen molar-refractivity contribution in [3.63, 3.8) is 0 Å². The summed E-state index contributed by atoms with van der Waals surface area (Å²) in [6.45, 7) is 3.19. The van der Waals surface area contributed by atoms with Crippen LogP contribution in [-0.2, 0) is 0 Å². The van der Waals surface area contributed by atoms with Crippen LogP contribution in [0.3, 0.4) is 0 Å². The number of carbonyl (C=O) groups is 1. The van der Waals surface area contributed by atoms with E-state index in [-0.39, 0.29) is 28.4 Å². The van der Waals surface area contributed by atoms with E-state index in [0.29, 0.717) is 49.6 Å². The molecule has 0 aliphatic carbocycles. The molecule has 8 heteroatoms. The van der Waals surface area contributed by atoms with Gasteiger partial charge in [0.15, 0.2) is 0 Å². The molecule has 0 bridgehead atoms. The van der Waals surface area contributed by atoms with Crippen LogP contribution in [0.25, 0.3) is 10.9 Å². The third kappa shape index (κ3) is 4.04. The van der Waals surface area contributed by atoms with Crippen LogP contribution < -0.4 is 15.0 Å². The Bertz CT molecular complexity index is 1220. The highest BCUT2D eigenvalue weighted by Gasteiger charge is 2.28. The molecular weight excluding hydrogens is 418 g/mol. The first-order chi connectivity index (χ1) is 15.4. The van der Waals surface area contributed by atoms with Crippen molar-refractivity contribution in [1.82, 2.24) is 9.47 Å². The number of pyridine rings is 1. The number of nitrogens with zero attached hydrogens (tertiary/aromatic N) is 2. The van der Waals surface area contributed by atoms with E-state index in [9.17, 15) is 18.4 Å². The molecule has 0 saturated carbocycles. The van der Waals surface area contributed by atoms with Gasteiger partial charge >= 0.3 is 0 Å². The molecule has 4 rings (SSSR count). The van der Waals surface area contributed by atoms with Crippen molar-refractivity contribution in [2.24, 2.45) is 0 Å². The highest BCUT2D eigenvalue weighted by atomic mass is 19.1. The van der Waals surface area contributed by atoms with E-state index in [1.54, 1.807) is 23.1 Å². The Labute approximate surface area is 184 Å². The summed E-state index contributed by atoms with van der Waals surface area (Å²) in [5.41, 5.74) is 0.342. The molecule has 0 unspecified atom stereocenters. The molecular formula is C24H24F2N2O4. The number of carbonyl (C=O) groups excluding carboxylic acids is 1. The van der Waals surface area contributed by atoms with Crippen molar-refractivity contribution >= 4 is 16.8 Å². The number of rotatable bonds is 5. The fraction of sp³-hybridized carbons (Fsp3) is 0.333. The summed E-state index contributed by atoms with van der Waals surface area (Å²) in [6, 6.07) is 9.49. The molecule has 6 nitrogen and oxygen atoms in total. The molecule has 2 aromatic carbocycles. The maximum atomic E-state index is 14.2. The number of fused-ring (bicyclic) bond motifs is 1.